The van der Waals surface area contributed by atoms with Crippen molar-refractivity contribution in [1.29, 1.82) is 0 Å². The van der Waals surface area contributed by atoms with Gasteiger partial charge in [0.25, 0.3) is 5.91 Å². The predicted molar refractivity (Wildman–Crippen MR) is 99.7 cm³/mol. The van der Waals surface area contributed by atoms with Crippen molar-refractivity contribution >= 4 is 28.2 Å². The average molecular weight is 367 g/mol. The van der Waals surface area contributed by atoms with Crippen molar-refractivity contribution in [2.45, 2.75) is 13.3 Å². The van der Waals surface area contributed by atoms with E-state index in [1.54, 1.807) is 24.3 Å². The van der Waals surface area contributed by atoms with Crippen LogP contribution in [0.25, 0.3) is 0 Å². The highest BCUT2D eigenvalue weighted by atomic mass is 32.1. The van der Waals surface area contributed by atoms with Crippen molar-refractivity contribution < 1.29 is 14.3 Å². The number of Topliss-reactive ketones (excluding diaryl/α,β-unsaturated/α-hetero) is 1. The van der Waals surface area contributed by atoms with Gasteiger partial charge in [-0.1, -0.05) is 41.7 Å². The van der Waals surface area contributed by atoms with Crippen LogP contribution in [0.4, 0.5) is 5.13 Å². The lowest BCUT2D eigenvalue weighted by molar-refractivity contribution is -0.118. The topological polar surface area (TPSA) is 81.2 Å². The van der Waals surface area contributed by atoms with Gasteiger partial charge in [0, 0.05) is 12.0 Å². The Morgan fingerprint density at radius 2 is 1.77 bits per heavy atom. The molecule has 0 atom stereocenters. The molecule has 1 amide bonds. The maximum atomic E-state index is 12.0. The molecule has 0 bridgehead atoms. The minimum absolute atomic E-state index is 0.0168. The smallest absolute Gasteiger partial charge is 0.264 e. The summed E-state index contributed by atoms with van der Waals surface area (Å²) in [6.45, 7) is 1.35. The zero-order valence-electron chi connectivity index (χ0n) is 14.1. The van der Waals surface area contributed by atoms with Crippen LogP contribution in [0.5, 0.6) is 5.75 Å². The molecule has 2 aromatic carbocycles. The Hall–Kier alpha value is -3.06. The lowest BCUT2D eigenvalue weighted by atomic mass is 10.1. The number of nitrogens with one attached hydrogen (secondary N) is 1. The zero-order chi connectivity index (χ0) is 18.4. The fraction of sp³-hybridized carbons (Fsp3) is 0.158. The van der Waals surface area contributed by atoms with Crippen LogP contribution in [0.1, 0.15) is 27.9 Å². The number of ether oxygens (including phenoxy) is 1. The first-order valence-corrected chi connectivity index (χ1v) is 8.82. The second-order valence-corrected chi connectivity index (χ2v) is 6.64. The Morgan fingerprint density at radius 3 is 2.46 bits per heavy atom. The summed E-state index contributed by atoms with van der Waals surface area (Å²) in [7, 11) is 0. The maximum absolute atomic E-state index is 12.0. The number of amides is 1. The summed E-state index contributed by atoms with van der Waals surface area (Å²) in [5, 5.41) is 12.0. The van der Waals surface area contributed by atoms with Crippen molar-refractivity contribution in [3.8, 4) is 5.75 Å². The van der Waals surface area contributed by atoms with E-state index in [4.69, 9.17) is 4.74 Å². The molecular weight excluding hydrogens is 350 g/mol. The van der Waals surface area contributed by atoms with Crippen LogP contribution >= 0.6 is 11.3 Å². The first kappa shape index (κ1) is 17.8. The van der Waals surface area contributed by atoms with E-state index in [2.05, 4.69) is 15.5 Å². The summed E-state index contributed by atoms with van der Waals surface area (Å²) >= 11 is 1.34. The molecule has 0 aliphatic carbocycles. The maximum Gasteiger partial charge on any atom is 0.264 e. The Balaban J connectivity index is 1.50. The van der Waals surface area contributed by atoms with Gasteiger partial charge in [0.1, 0.15) is 10.8 Å². The average Bonchev–Trinajstić information content (AvgIpc) is 3.08. The molecule has 1 heterocycles. The fourth-order valence-electron chi connectivity index (χ4n) is 2.24. The molecule has 0 saturated heterocycles. The number of nitrogens with zero attached hydrogens (tertiary/aromatic N) is 2. The molecule has 0 spiro atoms. The number of aromatic nitrogens is 2. The molecule has 0 radical (unpaired) electrons. The van der Waals surface area contributed by atoms with Crippen LogP contribution in [0.15, 0.2) is 54.6 Å². The quantitative estimate of drug-likeness (QED) is 0.648. The van der Waals surface area contributed by atoms with Crippen LogP contribution in [0.3, 0.4) is 0 Å². The number of carbonyl (C=O) groups is 2. The normalized spacial score (nSPS) is 10.3. The van der Waals surface area contributed by atoms with E-state index in [0.29, 0.717) is 22.9 Å². The Labute approximate surface area is 154 Å². The van der Waals surface area contributed by atoms with Gasteiger partial charge >= 0.3 is 0 Å². The molecular formula is C19H17N3O3S. The van der Waals surface area contributed by atoms with E-state index in [-0.39, 0.29) is 18.3 Å². The highest BCUT2D eigenvalue weighted by molar-refractivity contribution is 7.15. The highest BCUT2D eigenvalue weighted by Gasteiger charge is 2.10. The standard InChI is InChI=1S/C19H17N3O3S/c1-13(23)15-7-9-16(10-8-15)25-12-17(24)20-19-22-21-18(26-19)11-14-5-3-2-4-6-14/h2-10H,11-12H2,1H3,(H,20,22,24). The van der Waals surface area contributed by atoms with Crippen LogP contribution in [-0.4, -0.2) is 28.5 Å². The summed E-state index contributed by atoms with van der Waals surface area (Å²) in [5.41, 5.74) is 1.74. The van der Waals surface area contributed by atoms with E-state index >= 15 is 0 Å². The number of benzene rings is 2. The van der Waals surface area contributed by atoms with E-state index in [1.807, 2.05) is 30.3 Å². The van der Waals surface area contributed by atoms with Gasteiger partial charge < -0.3 is 4.74 Å². The van der Waals surface area contributed by atoms with Gasteiger partial charge in [-0.15, -0.1) is 10.2 Å². The third-order valence-electron chi connectivity index (χ3n) is 3.54. The molecule has 6 nitrogen and oxygen atoms in total. The van der Waals surface area contributed by atoms with E-state index in [0.717, 1.165) is 10.6 Å². The van der Waals surface area contributed by atoms with Crippen LogP contribution in [0, 0.1) is 0 Å². The molecule has 0 aliphatic heterocycles. The molecule has 3 rings (SSSR count). The second kappa shape index (κ2) is 8.35. The summed E-state index contributed by atoms with van der Waals surface area (Å²) in [5.74, 6) is 0.187. The minimum atomic E-state index is -0.317. The monoisotopic (exact) mass is 367 g/mol. The van der Waals surface area contributed by atoms with Crippen molar-refractivity contribution in [1.82, 2.24) is 10.2 Å². The van der Waals surface area contributed by atoms with Gasteiger partial charge in [-0.05, 0) is 36.8 Å². The number of carbonyl (C=O) groups excluding carboxylic acids is 2. The Morgan fingerprint density at radius 1 is 1.04 bits per heavy atom. The summed E-state index contributed by atoms with van der Waals surface area (Å²) in [6, 6.07) is 16.6. The summed E-state index contributed by atoms with van der Waals surface area (Å²) in [6.07, 6.45) is 0.674. The van der Waals surface area contributed by atoms with Gasteiger partial charge in [0.05, 0.1) is 0 Å². The van der Waals surface area contributed by atoms with E-state index in [9.17, 15) is 9.59 Å². The van der Waals surface area contributed by atoms with E-state index < -0.39 is 0 Å². The summed E-state index contributed by atoms with van der Waals surface area (Å²) in [4.78, 5) is 23.2. The third kappa shape index (κ3) is 4.97. The van der Waals surface area contributed by atoms with Gasteiger partial charge in [0.15, 0.2) is 12.4 Å². The first-order valence-electron chi connectivity index (χ1n) is 8.00. The molecule has 26 heavy (non-hydrogen) atoms. The van der Waals surface area contributed by atoms with Crippen molar-refractivity contribution in [3.63, 3.8) is 0 Å². The minimum Gasteiger partial charge on any atom is -0.484 e. The number of hydrogen-bond acceptors (Lipinski definition) is 6. The number of anilines is 1. The molecule has 132 valence electrons. The van der Waals surface area contributed by atoms with Crippen molar-refractivity contribution in [2.75, 3.05) is 11.9 Å². The molecule has 0 aliphatic rings. The first-order chi connectivity index (χ1) is 12.6. The van der Waals surface area contributed by atoms with Crippen LogP contribution < -0.4 is 10.1 Å². The number of rotatable bonds is 7. The van der Waals surface area contributed by atoms with Gasteiger partial charge in [0.2, 0.25) is 5.13 Å². The van der Waals surface area contributed by atoms with Crippen LogP contribution in [0.2, 0.25) is 0 Å². The zero-order valence-corrected chi connectivity index (χ0v) is 15.0. The lowest BCUT2D eigenvalue weighted by Gasteiger charge is -2.06. The predicted octanol–water partition coefficient (Wildman–Crippen LogP) is 3.35. The van der Waals surface area contributed by atoms with Gasteiger partial charge in [-0.2, -0.15) is 0 Å². The largest absolute Gasteiger partial charge is 0.484 e. The van der Waals surface area contributed by atoms with E-state index in [1.165, 1.54) is 18.3 Å². The Kier molecular flexibility index (Phi) is 5.70. The van der Waals surface area contributed by atoms with Crippen molar-refractivity contribution in [2.24, 2.45) is 0 Å². The SMILES string of the molecule is CC(=O)c1ccc(OCC(=O)Nc2nnc(Cc3ccccc3)s2)cc1. The lowest BCUT2D eigenvalue weighted by Crippen LogP contribution is -2.20. The molecule has 0 unspecified atom stereocenters. The molecule has 1 N–H and O–H groups in total. The number of hydrogen-bond donors (Lipinski definition) is 1. The molecule has 1 aromatic heterocycles. The third-order valence-corrected chi connectivity index (χ3v) is 4.38. The highest BCUT2D eigenvalue weighted by Crippen LogP contribution is 2.18. The molecule has 0 saturated carbocycles. The molecule has 3 aromatic rings. The van der Waals surface area contributed by atoms with Crippen molar-refractivity contribution in [3.05, 3.63) is 70.7 Å². The second-order valence-electron chi connectivity index (χ2n) is 5.58. The number of ketones is 1. The Bertz CT molecular complexity index is 892. The summed E-state index contributed by atoms with van der Waals surface area (Å²) < 4.78 is 5.41. The fourth-order valence-corrected chi connectivity index (χ4v) is 3.03. The van der Waals surface area contributed by atoms with Gasteiger partial charge in [-0.25, -0.2) is 0 Å². The van der Waals surface area contributed by atoms with Gasteiger partial charge in [-0.3, -0.25) is 14.9 Å². The molecule has 7 heteroatoms. The van der Waals surface area contributed by atoms with Crippen LogP contribution in [-0.2, 0) is 11.2 Å². The molecule has 0 fully saturated rings.